The summed E-state index contributed by atoms with van der Waals surface area (Å²) in [5.41, 5.74) is 4.06. The normalized spacial score (nSPS) is 26.4. The summed E-state index contributed by atoms with van der Waals surface area (Å²) in [5.74, 6) is -6.74. The summed E-state index contributed by atoms with van der Waals surface area (Å²) in [7, 11) is 6.77. The Morgan fingerprint density at radius 2 is 1.74 bits per heavy atom. The van der Waals surface area contributed by atoms with Crippen molar-refractivity contribution in [2.75, 3.05) is 33.1 Å². The second-order valence-corrected chi connectivity index (χ2v) is 10.7. The van der Waals surface area contributed by atoms with E-state index in [4.69, 9.17) is 5.73 Å². The maximum Gasteiger partial charge on any atom is 0.255 e. The van der Waals surface area contributed by atoms with Crippen molar-refractivity contribution in [1.29, 1.82) is 0 Å². The third kappa shape index (κ3) is 3.57. The lowest BCUT2D eigenvalue weighted by Crippen LogP contribution is -2.65. The van der Waals surface area contributed by atoms with E-state index in [0.29, 0.717) is 22.4 Å². The van der Waals surface area contributed by atoms with Crippen molar-refractivity contribution in [3.63, 3.8) is 0 Å². The van der Waals surface area contributed by atoms with Gasteiger partial charge in [-0.3, -0.25) is 24.3 Å². The molecule has 0 radical (unpaired) electrons. The van der Waals surface area contributed by atoms with Gasteiger partial charge in [0.1, 0.15) is 22.8 Å². The van der Waals surface area contributed by atoms with Crippen LogP contribution in [0.5, 0.6) is 5.75 Å². The van der Waals surface area contributed by atoms with Gasteiger partial charge in [0.25, 0.3) is 5.91 Å². The number of aliphatic hydroxyl groups is 3. The molecule has 4 atom stereocenters. The van der Waals surface area contributed by atoms with Crippen LogP contribution in [-0.2, 0) is 20.8 Å². The van der Waals surface area contributed by atoms with Gasteiger partial charge < -0.3 is 31.1 Å². The number of nitrogens with two attached hydrogens (primary N) is 1. The molecular formula is C28H30N4O7. The van der Waals surface area contributed by atoms with Crippen LogP contribution in [0, 0.1) is 11.8 Å². The number of ketones is 2. The number of pyridine rings is 1. The third-order valence-corrected chi connectivity index (χ3v) is 8.17. The number of carbonyl (C=O) groups is 3. The maximum atomic E-state index is 14.0. The van der Waals surface area contributed by atoms with Gasteiger partial charge in [0.15, 0.2) is 11.4 Å². The SMILES string of the molecule is CN(C)c1cc(-c2ccncc2)c(O)c2c1C[C@H]1C[C@H]3[C@H](N(C)C)C(=O)C(C(N)=O)=C(O)[C@@]3(O)C(=O)C1=C2O. The van der Waals surface area contributed by atoms with Crippen molar-refractivity contribution >= 4 is 28.9 Å². The molecule has 3 aliphatic rings. The highest BCUT2D eigenvalue weighted by molar-refractivity contribution is 6.24. The highest BCUT2D eigenvalue weighted by atomic mass is 16.3. The molecule has 6 N–H and O–H groups in total. The van der Waals surface area contributed by atoms with Crippen molar-refractivity contribution in [3.8, 4) is 16.9 Å². The van der Waals surface area contributed by atoms with Crippen molar-refractivity contribution < 1.29 is 34.8 Å². The van der Waals surface area contributed by atoms with Gasteiger partial charge in [0.05, 0.1) is 11.6 Å². The molecule has 0 aliphatic heterocycles. The molecule has 1 saturated carbocycles. The average molecular weight is 535 g/mol. The minimum atomic E-state index is -2.67. The number of aromatic hydroxyl groups is 1. The minimum absolute atomic E-state index is 0.0332. The Kier molecular flexibility index (Phi) is 6.04. The van der Waals surface area contributed by atoms with Crippen molar-refractivity contribution in [2.24, 2.45) is 17.6 Å². The van der Waals surface area contributed by atoms with Crippen LogP contribution in [0.1, 0.15) is 17.5 Å². The molecule has 1 amide bonds. The predicted octanol–water partition coefficient (Wildman–Crippen LogP) is 1.09. The molecule has 0 spiro atoms. The lowest BCUT2D eigenvalue weighted by atomic mass is 9.57. The fourth-order valence-electron chi connectivity index (χ4n) is 6.44. The molecule has 0 saturated heterocycles. The standard InChI is InChI=1S/C28H30N4O7/c1-31(2)17-11-14(12-5-7-30-8-6-12)22(33)19-15(17)9-13-10-16-21(32(3)4)24(35)20(27(29)38)26(37)28(16,39)25(36)18(13)23(19)34/h5-8,11,13,16,21,33-34,37,39H,9-10H2,1-4H3,(H2,29,38)/t13-,16-,21-,28-/m0/s1. The summed E-state index contributed by atoms with van der Waals surface area (Å²) < 4.78 is 0. The first-order valence-electron chi connectivity index (χ1n) is 12.4. The number of rotatable bonds is 4. The lowest BCUT2D eigenvalue weighted by molar-refractivity contribution is -0.153. The molecule has 11 heteroatoms. The molecular weight excluding hydrogens is 504 g/mol. The smallest absolute Gasteiger partial charge is 0.255 e. The van der Waals surface area contributed by atoms with Gasteiger partial charge in [-0.05, 0) is 62.2 Å². The Bertz CT molecular complexity index is 1490. The monoisotopic (exact) mass is 534 g/mol. The van der Waals surface area contributed by atoms with E-state index in [9.17, 15) is 34.8 Å². The van der Waals surface area contributed by atoms with Gasteiger partial charge in [-0.2, -0.15) is 0 Å². The number of anilines is 1. The number of nitrogens with zero attached hydrogens (tertiary/aromatic N) is 3. The number of Topliss-reactive ketones (excluding diaryl/α,β-unsaturated/α-hetero) is 2. The summed E-state index contributed by atoms with van der Waals surface area (Å²) >= 11 is 0. The number of hydrogen-bond acceptors (Lipinski definition) is 10. The van der Waals surface area contributed by atoms with Crippen LogP contribution in [0.15, 0.2) is 47.5 Å². The van der Waals surface area contributed by atoms with Gasteiger partial charge in [-0.25, -0.2) is 0 Å². The van der Waals surface area contributed by atoms with E-state index in [1.165, 1.54) is 4.90 Å². The van der Waals surface area contributed by atoms with Crippen molar-refractivity contribution in [2.45, 2.75) is 24.5 Å². The van der Waals surface area contributed by atoms with E-state index in [2.05, 4.69) is 4.98 Å². The number of aromatic nitrogens is 1. The number of amides is 1. The number of likely N-dealkylation sites (N-methyl/N-ethyl adjacent to an activating group) is 1. The highest BCUT2D eigenvalue weighted by Gasteiger charge is 2.64. The highest BCUT2D eigenvalue weighted by Crippen LogP contribution is 2.54. The van der Waals surface area contributed by atoms with E-state index in [1.807, 2.05) is 19.0 Å². The molecule has 0 bridgehead atoms. The van der Waals surface area contributed by atoms with Gasteiger partial charge >= 0.3 is 0 Å². The first kappa shape index (κ1) is 26.4. The Labute approximate surface area is 224 Å². The molecule has 1 heterocycles. The number of hydrogen-bond donors (Lipinski definition) is 5. The topological polar surface area (TPSA) is 178 Å². The molecule has 0 unspecified atom stereocenters. The van der Waals surface area contributed by atoms with E-state index in [1.54, 1.807) is 44.7 Å². The van der Waals surface area contributed by atoms with Crippen LogP contribution in [0.3, 0.4) is 0 Å². The number of carbonyl (C=O) groups excluding carboxylic acids is 3. The summed E-state index contributed by atoms with van der Waals surface area (Å²) in [5, 5.41) is 45.7. The molecule has 5 rings (SSSR count). The number of benzene rings is 1. The molecule has 204 valence electrons. The zero-order valence-electron chi connectivity index (χ0n) is 22.0. The van der Waals surface area contributed by atoms with E-state index < -0.39 is 58.0 Å². The fraction of sp³-hybridized carbons (Fsp3) is 0.357. The molecule has 1 fully saturated rings. The lowest BCUT2D eigenvalue weighted by Gasteiger charge is -2.50. The van der Waals surface area contributed by atoms with Crippen LogP contribution in [0.2, 0.25) is 0 Å². The molecule has 2 aromatic rings. The Hall–Kier alpha value is -4.22. The molecule has 1 aromatic carbocycles. The summed E-state index contributed by atoms with van der Waals surface area (Å²) in [6, 6.07) is 4.07. The van der Waals surface area contributed by atoms with Crippen molar-refractivity contribution in [3.05, 3.63) is 58.6 Å². The quantitative estimate of drug-likeness (QED) is 0.357. The first-order chi connectivity index (χ1) is 18.3. The maximum absolute atomic E-state index is 14.0. The largest absolute Gasteiger partial charge is 0.508 e. The van der Waals surface area contributed by atoms with Crippen LogP contribution in [0.4, 0.5) is 5.69 Å². The van der Waals surface area contributed by atoms with Crippen LogP contribution >= 0.6 is 0 Å². The number of phenolic OH excluding ortho intramolecular Hbond substituents is 1. The molecule has 3 aliphatic carbocycles. The van der Waals surface area contributed by atoms with E-state index in [0.717, 1.165) is 0 Å². The number of fused-ring (bicyclic) bond motifs is 3. The van der Waals surface area contributed by atoms with Gasteiger partial charge in [0.2, 0.25) is 5.78 Å². The molecule has 39 heavy (non-hydrogen) atoms. The van der Waals surface area contributed by atoms with Crippen LogP contribution in [0.25, 0.3) is 16.9 Å². The van der Waals surface area contributed by atoms with Crippen molar-refractivity contribution in [1.82, 2.24) is 9.88 Å². The summed E-state index contributed by atoms with van der Waals surface area (Å²) in [6.45, 7) is 0. The first-order valence-corrected chi connectivity index (χ1v) is 12.4. The van der Waals surface area contributed by atoms with Crippen LogP contribution in [-0.4, -0.2) is 87.6 Å². The second-order valence-electron chi connectivity index (χ2n) is 10.7. The molecule has 11 nitrogen and oxygen atoms in total. The van der Waals surface area contributed by atoms with Gasteiger partial charge in [0, 0.05) is 49.2 Å². The van der Waals surface area contributed by atoms with E-state index in [-0.39, 0.29) is 29.7 Å². The second kappa shape index (κ2) is 8.92. The summed E-state index contributed by atoms with van der Waals surface area (Å²) in [4.78, 5) is 46.7. The van der Waals surface area contributed by atoms with Gasteiger partial charge in [-0.1, -0.05) is 0 Å². The fourth-order valence-corrected chi connectivity index (χ4v) is 6.44. The third-order valence-electron chi connectivity index (χ3n) is 8.17. The van der Waals surface area contributed by atoms with Gasteiger partial charge in [-0.15, -0.1) is 0 Å². The summed E-state index contributed by atoms with van der Waals surface area (Å²) in [6.07, 6.45) is 3.38. The Morgan fingerprint density at radius 1 is 1.10 bits per heavy atom. The Balaban J connectivity index is 1.78. The number of primary amides is 1. The van der Waals surface area contributed by atoms with Crippen LogP contribution < -0.4 is 10.6 Å². The average Bonchev–Trinajstić information content (AvgIpc) is 2.86. The predicted molar refractivity (Wildman–Crippen MR) is 142 cm³/mol. The minimum Gasteiger partial charge on any atom is -0.508 e. The Morgan fingerprint density at radius 3 is 2.31 bits per heavy atom. The number of phenols is 1. The van der Waals surface area contributed by atoms with E-state index >= 15 is 0 Å². The zero-order valence-corrected chi connectivity index (χ0v) is 22.0. The zero-order chi connectivity index (χ0) is 28.5. The molecule has 1 aromatic heterocycles. The number of aliphatic hydroxyl groups excluding tert-OH is 2.